The minimum Gasteiger partial charge on any atom is -0.461 e. The number of ether oxygens (including phenoxy) is 1. The summed E-state index contributed by atoms with van der Waals surface area (Å²) in [7, 11) is 0. The standard InChI is InChI=1S/C19H23NO4/c21-18(24-12-13-1-3-17(4-2-13)20(22)23)11-19-8-14-5-15(9-19)7-16(6-14)10-19/h1-4,14-16H,5-12H2. The highest BCUT2D eigenvalue weighted by Gasteiger charge is 2.51. The van der Waals surface area contributed by atoms with E-state index in [1.807, 2.05) is 0 Å². The van der Waals surface area contributed by atoms with Gasteiger partial charge in [-0.05, 0) is 79.4 Å². The fourth-order valence-electron chi connectivity index (χ4n) is 5.74. The Bertz CT molecular complexity index is 617. The van der Waals surface area contributed by atoms with Crippen LogP contribution >= 0.6 is 0 Å². The van der Waals surface area contributed by atoms with Crippen molar-refractivity contribution >= 4 is 11.7 Å². The molecule has 0 saturated heterocycles. The highest BCUT2D eigenvalue weighted by Crippen LogP contribution is 2.61. The molecule has 24 heavy (non-hydrogen) atoms. The zero-order chi connectivity index (χ0) is 16.7. The van der Waals surface area contributed by atoms with Crippen molar-refractivity contribution in [2.45, 2.75) is 51.6 Å². The molecule has 0 heterocycles. The predicted molar refractivity (Wildman–Crippen MR) is 88.1 cm³/mol. The van der Waals surface area contributed by atoms with Crippen LogP contribution in [0.1, 0.15) is 50.5 Å². The zero-order valence-corrected chi connectivity index (χ0v) is 13.8. The number of benzene rings is 1. The highest BCUT2D eigenvalue weighted by molar-refractivity contribution is 5.70. The van der Waals surface area contributed by atoms with Crippen LogP contribution in [0.25, 0.3) is 0 Å². The predicted octanol–water partition coefficient (Wildman–Crippen LogP) is 4.24. The van der Waals surface area contributed by atoms with Crippen LogP contribution in [0.3, 0.4) is 0 Å². The minimum absolute atomic E-state index is 0.0543. The number of non-ortho nitro benzene ring substituents is 1. The lowest BCUT2D eigenvalue weighted by atomic mass is 9.49. The molecule has 1 aromatic rings. The number of nitro groups is 1. The normalized spacial score (nSPS) is 33.4. The zero-order valence-electron chi connectivity index (χ0n) is 13.8. The van der Waals surface area contributed by atoms with E-state index in [0.29, 0.717) is 6.42 Å². The van der Waals surface area contributed by atoms with Gasteiger partial charge in [0.1, 0.15) is 6.61 Å². The van der Waals surface area contributed by atoms with Gasteiger partial charge in [0.05, 0.1) is 11.3 Å². The van der Waals surface area contributed by atoms with E-state index < -0.39 is 4.92 Å². The summed E-state index contributed by atoms with van der Waals surface area (Å²) in [5.41, 5.74) is 1.04. The van der Waals surface area contributed by atoms with Crippen LogP contribution in [0, 0.1) is 33.3 Å². The van der Waals surface area contributed by atoms with Crippen LogP contribution in [-0.2, 0) is 16.1 Å². The van der Waals surface area contributed by atoms with Gasteiger partial charge in [0.2, 0.25) is 0 Å². The summed E-state index contributed by atoms with van der Waals surface area (Å²) in [4.78, 5) is 22.6. The molecule has 0 N–H and O–H groups in total. The Balaban J connectivity index is 1.33. The first kappa shape index (κ1) is 15.6. The van der Waals surface area contributed by atoms with E-state index in [-0.39, 0.29) is 23.7 Å². The summed E-state index contributed by atoms with van der Waals surface area (Å²) in [6.45, 7) is 0.198. The lowest BCUT2D eigenvalue weighted by molar-refractivity contribution is -0.384. The molecule has 0 amide bonds. The Labute approximate surface area is 141 Å². The van der Waals surface area contributed by atoms with Crippen LogP contribution in [-0.4, -0.2) is 10.9 Å². The molecule has 5 heteroatoms. The van der Waals surface area contributed by atoms with Gasteiger partial charge in [0.25, 0.3) is 5.69 Å². The van der Waals surface area contributed by atoms with Gasteiger partial charge < -0.3 is 4.74 Å². The summed E-state index contributed by atoms with van der Waals surface area (Å²) in [5.74, 6) is 2.38. The van der Waals surface area contributed by atoms with Crippen LogP contribution in [0.5, 0.6) is 0 Å². The SMILES string of the molecule is O=C(CC12CC3CC(CC(C3)C1)C2)OCc1ccc([N+](=O)[O-])cc1. The molecular formula is C19H23NO4. The first-order chi connectivity index (χ1) is 11.5. The van der Waals surface area contributed by atoms with Gasteiger partial charge in [-0.15, -0.1) is 0 Å². The van der Waals surface area contributed by atoms with Gasteiger partial charge in [-0.3, -0.25) is 14.9 Å². The van der Waals surface area contributed by atoms with Gasteiger partial charge in [-0.1, -0.05) is 0 Å². The number of nitro benzene ring substituents is 1. The average Bonchev–Trinajstić information content (AvgIpc) is 2.51. The quantitative estimate of drug-likeness (QED) is 0.460. The van der Waals surface area contributed by atoms with Crippen LogP contribution in [0.2, 0.25) is 0 Å². The second-order valence-corrected chi connectivity index (χ2v) is 8.18. The van der Waals surface area contributed by atoms with Crippen molar-refractivity contribution in [2.75, 3.05) is 0 Å². The molecule has 0 unspecified atom stereocenters. The Kier molecular flexibility index (Phi) is 3.82. The lowest BCUT2D eigenvalue weighted by Crippen LogP contribution is -2.47. The summed E-state index contributed by atoms with van der Waals surface area (Å²) in [6.07, 6.45) is 8.26. The number of hydrogen-bond donors (Lipinski definition) is 0. The van der Waals surface area contributed by atoms with Crippen molar-refractivity contribution in [1.29, 1.82) is 0 Å². The second kappa shape index (κ2) is 5.87. The van der Waals surface area contributed by atoms with E-state index in [1.165, 1.54) is 50.7 Å². The van der Waals surface area contributed by atoms with Crippen molar-refractivity contribution in [3.05, 3.63) is 39.9 Å². The maximum absolute atomic E-state index is 12.3. The molecule has 0 atom stereocenters. The third kappa shape index (κ3) is 3.04. The molecule has 5 rings (SSSR count). The van der Waals surface area contributed by atoms with Crippen molar-refractivity contribution in [1.82, 2.24) is 0 Å². The first-order valence-electron chi connectivity index (χ1n) is 8.90. The van der Waals surface area contributed by atoms with Gasteiger partial charge in [0, 0.05) is 12.1 Å². The number of carbonyl (C=O) groups is 1. The molecule has 128 valence electrons. The molecule has 0 aromatic heterocycles. The third-order valence-electron chi connectivity index (χ3n) is 6.23. The van der Waals surface area contributed by atoms with Gasteiger partial charge in [-0.2, -0.15) is 0 Å². The summed E-state index contributed by atoms with van der Waals surface area (Å²) in [5, 5.41) is 10.7. The van der Waals surface area contributed by atoms with E-state index in [9.17, 15) is 14.9 Å². The molecule has 4 aliphatic carbocycles. The molecule has 4 bridgehead atoms. The fraction of sp³-hybridized carbons (Fsp3) is 0.632. The summed E-state index contributed by atoms with van der Waals surface area (Å²) >= 11 is 0. The van der Waals surface area contributed by atoms with E-state index in [4.69, 9.17) is 4.74 Å². The number of nitrogens with zero attached hydrogens (tertiary/aromatic N) is 1. The highest BCUT2D eigenvalue weighted by atomic mass is 16.6. The van der Waals surface area contributed by atoms with Crippen LogP contribution in [0.15, 0.2) is 24.3 Å². The Morgan fingerprint density at radius 1 is 1.08 bits per heavy atom. The van der Waals surface area contributed by atoms with Crippen molar-refractivity contribution in [3.63, 3.8) is 0 Å². The maximum atomic E-state index is 12.3. The van der Waals surface area contributed by atoms with Gasteiger partial charge in [0.15, 0.2) is 0 Å². The molecule has 4 saturated carbocycles. The Hall–Kier alpha value is -1.91. The van der Waals surface area contributed by atoms with Crippen LogP contribution in [0.4, 0.5) is 5.69 Å². The largest absolute Gasteiger partial charge is 0.461 e. The molecule has 0 radical (unpaired) electrons. The smallest absolute Gasteiger partial charge is 0.306 e. The molecule has 4 fully saturated rings. The molecule has 5 nitrogen and oxygen atoms in total. The number of rotatable bonds is 5. The molecule has 0 aliphatic heterocycles. The summed E-state index contributed by atoms with van der Waals surface area (Å²) < 4.78 is 5.46. The number of hydrogen-bond acceptors (Lipinski definition) is 4. The topological polar surface area (TPSA) is 69.4 Å². The second-order valence-electron chi connectivity index (χ2n) is 8.18. The van der Waals surface area contributed by atoms with Crippen molar-refractivity contribution in [2.24, 2.45) is 23.2 Å². The Morgan fingerprint density at radius 2 is 1.62 bits per heavy atom. The van der Waals surface area contributed by atoms with E-state index >= 15 is 0 Å². The van der Waals surface area contributed by atoms with Crippen molar-refractivity contribution in [3.8, 4) is 0 Å². The van der Waals surface area contributed by atoms with E-state index in [2.05, 4.69) is 0 Å². The van der Waals surface area contributed by atoms with Crippen molar-refractivity contribution < 1.29 is 14.5 Å². The summed E-state index contributed by atoms with van der Waals surface area (Å²) in [6, 6.07) is 6.19. The molecule has 1 aromatic carbocycles. The minimum atomic E-state index is -0.428. The molecule has 0 spiro atoms. The maximum Gasteiger partial charge on any atom is 0.306 e. The van der Waals surface area contributed by atoms with Crippen LogP contribution < -0.4 is 0 Å². The average molecular weight is 329 g/mol. The number of esters is 1. The lowest BCUT2D eigenvalue weighted by Gasteiger charge is -2.56. The number of carbonyl (C=O) groups excluding carboxylic acids is 1. The molecular weight excluding hydrogens is 306 g/mol. The molecule has 4 aliphatic rings. The van der Waals surface area contributed by atoms with E-state index in [0.717, 1.165) is 23.3 Å². The first-order valence-corrected chi connectivity index (χ1v) is 8.90. The fourth-order valence-corrected chi connectivity index (χ4v) is 5.74. The Morgan fingerprint density at radius 3 is 2.12 bits per heavy atom. The monoisotopic (exact) mass is 329 g/mol. The third-order valence-corrected chi connectivity index (χ3v) is 6.23. The van der Waals surface area contributed by atoms with Gasteiger partial charge >= 0.3 is 5.97 Å². The van der Waals surface area contributed by atoms with E-state index in [1.54, 1.807) is 12.1 Å². The van der Waals surface area contributed by atoms with Gasteiger partial charge in [-0.25, -0.2) is 0 Å².